The van der Waals surface area contributed by atoms with Crippen LogP contribution in [0, 0.1) is 5.92 Å². The van der Waals surface area contributed by atoms with Crippen LogP contribution in [0.3, 0.4) is 0 Å². The number of carbonyl (C=O) groups is 2. The van der Waals surface area contributed by atoms with E-state index in [2.05, 4.69) is 20.4 Å². The van der Waals surface area contributed by atoms with E-state index in [9.17, 15) is 9.59 Å². The first kappa shape index (κ1) is 24.1. The van der Waals surface area contributed by atoms with Gasteiger partial charge in [0, 0.05) is 43.7 Å². The van der Waals surface area contributed by atoms with E-state index in [1.54, 1.807) is 29.2 Å². The third-order valence-corrected chi connectivity index (χ3v) is 4.90. The molecule has 168 valence electrons. The maximum atomic E-state index is 13.2. The predicted molar refractivity (Wildman–Crippen MR) is 121 cm³/mol. The molecule has 1 aromatic heterocycles. The van der Waals surface area contributed by atoms with Crippen LogP contribution in [0.15, 0.2) is 49.2 Å². The number of methoxy groups -OCH3 is 2. The zero-order valence-electron chi connectivity index (χ0n) is 19.1. The Bertz CT molecular complexity index is 882. The molecule has 2 amide bonds. The average Bonchev–Trinajstić information content (AvgIpc) is 3.15. The molecule has 0 saturated carbocycles. The lowest BCUT2D eigenvalue weighted by atomic mass is 10.1. The maximum Gasteiger partial charge on any atom is 0.254 e. The zero-order valence-corrected chi connectivity index (χ0v) is 19.1. The van der Waals surface area contributed by atoms with E-state index in [-0.39, 0.29) is 24.9 Å². The lowest BCUT2D eigenvalue weighted by Gasteiger charge is -2.28. The van der Waals surface area contributed by atoms with Crippen molar-refractivity contribution in [3.05, 3.63) is 60.4 Å². The van der Waals surface area contributed by atoms with Crippen LogP contribution in [-0.4, -0.2) is 60.0 Å². The summed E-state index contributed by atoms with van der Waals surface area (Å²) in [5, 5.41) is 0. The molecular weight excluding hydrogens is 394 g/mol. The summed E-state index contributed by atoms with van der Waals surface area (Å²) < 4.78 is 12.5. The molecule has 0 N–H and O–H groups in total. The molecule has 0 spiro atoms. The van der Waals surface area contributed by atoms with Crippen molar-refractivity contribution in [3.8, 4) is 11.5 Å². The van der Waals surface area contributed by atoms with Gasteiger partial charge >= 0.3 is 0 Å². The molecule has 0 saturated heterocycles. The van der Waals surface area contributed by atoms with Crippen molar-refractivity contribution in [2.24, 2.45) is 13.0 Å². The highest BCUT2D eigenvalue weighted by Gasteiger charge is 2.23. The van der Waals surface area contributed by atoms with Gasteiger partial charge in [-0.1, -0.05) is 19.9 Å². The van der Waals surface area contributed by atoms with Crippen molar-refractivity contribution in [1.82, 2.24) is 14.4 Å². The molecular formula is C24H33N3O4. The van der Waals surface area contributed by atoms with Crippen molar-refractivity contribution >= 4 is 11.8 Å². The third-order valence-electron chi connectivity index (χ3n) is 4.90. The fourth-order valence-electron chi connectivity index (χ4n) is 3.30. The molecule has 2 aromatic rings. The summed E-state index contributed by atoms with van der Waals surface area (Å²) in [6.07, 6.45) is 3.57. The van der Waals surface area contributed by atoms with Gasteiger partial charge in [0.05, 0.1) is 20.8 Å². The fraction of sp³-hybridized carbons (Fsp3) is 0.417. The van der Waals surface area contributed by atoms with Crippen LogP contribution in [-0.2, 0) is 18.4 Å². The zero-order chi connectivity index (χ0) is 23.0. The van der Waals surface area contributed by atoms with Crippen molar-refractivity contribution in [2.75, 3.05) is 33.9 Å². The topological polar surface area (TPSA) is 64.0 Å². The minimum atomic E-state index is -0.284. The Morgan fingerprint density at radius 1 is 1.13 bits per heavy atom. The highest BCUT2D eigenvalue weighted by atomic mass is 16.5. The number of carbonyl (C=O) groups excluding carboxylic acids is 2. The highest BCUT2D eigenvalue weighted by molar-refractivity contribution is 5.97. The van der Waals surface area contributed by atoms with Crippen LogP contribution in [0.4, 0.5) is 0 Å². The van der Waals surface area contributed by atoms with Gasteiger partial charge in [-0.3, -0.25) is 9.59 Å². The van der Waals surface area contributed by atoms with Crippen molar-refractivity contribution in [3.63, 3.8) is 0 Å². The lowest BCUT2D eigenvalue weighted by molar-refractivity contribution is -0.133. The van der Waals surface area contributed by atoms with Crippen molar-refractivity contribution in [2.45, 2.75) is 20.4 Å². The Kier molecular flexibility index (Phi) is 8.73. The highest BCUT2D eigenvalue weighted by Crippen LogP contribution is 2.23. The normalized spacial score (nSPS) is 10.6. The lowest BCUT2D eigenvalue weighted by Crippen LogP contribution is -2.44. The molecule has 31 heavy (non-hydrogen) atoms. The van der Waals surface area contributed by atoms with Crippen molar-refractivity contribution < 1.29 is 19.1 Å². The van der Waals surface area contributed by atoms with Crippen LogP contribution >= 0.6 is 0 Å². The van der Waals surface area contributed by atoms with Crippen LogP contribution < -0.4 is 9.47 Å². The van der Waals surface area contributed by atoms with Gasteiger partial charge in [-0.2, -0.15) is 0 Å². The summed E-state index contributed by atoms with van der Waals surface area (Å²) in [5.74, 6) is 0.930. The van der Waals surface area contributed by atoms with Gasteiger partial charge in [-0.15, -0.1) is 6.58 Å². The molecule has 1 heterocycles. The quantitative estimate of drug-likeness (QED) is 0.516. The van der Waals surface area contributed by atoms with Gasteiger partial charge in [0.25, 0.3) is 5.91 Å². The average molecular weight is 428 g/mol. The third kappa shape index (κ3) is 6.64. The monoisotopic (exact) mass is 427 g/mol. The molecule has 7 nitrogen and oxygen atoms in total. The predicted octanol–water partition coefficient (Wildman–Crippen LogP) is 3.36. The van der Waals surface area contributed by atoms with Crippen LogP contribution in [0.2, 0.25) is 0 Å². The molecule has 0 aliphatic heterocycles. The molecule has 0 aliphatic carbocycles. The number of aromatic nitrogens is 1. The molecule has 0 bridgehead atoms. The number of aryl methyl sites for hydroxylation is 1. The molecule has 0 unspecified atom stereocenters. The first-order valence-electron chi connectivity index (χ1n) is 10.3. The van der Waals surface area contributed by atoms with Crippen LogP contribution in [0.1, 0.15) is 29.9 Å². The number of nitrogens with zero attached hydrogens (tertiary/aromatic N) is 3. The van der Waals surface area contributed by atoms with Crippen LogP contribution in [0.25, 0.3) is 0 Å². The molecule has 0 aliphatic rings. The number of hydrogen-bond donors (Lipinski definition) is 0. The number of rotatable bonds is 11. The Labute approximate surface area is 184 Å². The minimum Gasteiger partial charge on any atom is -0.497 e. The molecule has 0 radical (unpaired) electrons. The number of benzene rings is 1. The second-order valence-electron chi connectivity index (χ2n) is 7.85. The van der Waals surface area contributed by atoms with Gasteiger partial charge < -0.3 is 23.8 Å². The van der Waals surface area contributed by atoms with E-state index in [0.717, 1.165) is 5.69 Å². The summed E-state index contributed by atoms with van der Waals surface area (Å²) in [5.41, 5.74) is 1.43. The Morgan fingerprint density at radius 2 is 1.77 bits per heavy atom. The smallest absolute Gasteiger partial charge is 0.254 e. The maximum absolute atomic E-state index is 13.2. The van der Waals surface area contributed by atoms with E-state index in [1.807, 2.05) is 29.9 Å². The fourth-order valence-corrected chi connectivity index (χ4v) is 3.30. The van der Waals surface area contributed by atoms with Gasteiger partial charge in [0.15, 0.2) is 0 Å². The Hall–Kier alpha value is -3.22. The number of amides is 2. The van der Waals surface area contributed by atoms with Crippen molar-refractivity contribution in [1.29, 1.82) is 0 Å². The molecule has 1 aromatic carbocycles. The SMILES string of the molecule is C=CCN(CC(=O)N(Cc1cccn1C)CC(C)C)C(=O)c1cc(OC)cc(OC)c1. The Morgan fingerprint density at radius 3 is 2.26 bits per heavy atom. The standard InChI is InChI=1S/C24H33N3O4/c1-7-10-26(24(29)19-12-21(30-5)14-22(13-19)31-6)17-23(28)27(15-18(2)3)16-20-9-8-11-25(20)4/h7-9,11-14,18H,1,10,15-17H2,2-6H3. The van der Waals surface area contributed by atoms with E-state index in [0.29, 0.717) is 36.1 Å². The summed E-state index contributed by atoms with van der Waals surface area (Å²) in [4.78, 5) is 29.7. The van der Waals surface area contributed by atoms with Gasteiger partial charge in [-0.25, -0.2) is 0 Å². The number of ether oxygens (including phenoxy) is 2. The minimum absolute atomic E-state index is 0.0402. The van der Waals surface area contributed by atoms with Gasteiger partial charge in [0.1, 0.15) is 18.0 Å². The summed E-state index contributed by atoms with van der Waals surface area (Å²) in [6, 6.07) is 8.93. The van der Waals surface area contributed by atoms with E-state index < -0.39 is 0 Å². The van der Waals surface area contributed by atoms with Gasteiger partial charge in [0.2, 0.25) is 5.91 Å². The molecule has 0 atom stereocenters. The number of hydrogen-bond acceptors (Lipinski definition) is 4. The summed E-state index contributed by atoms with van der Waals surface area (Å²) in [6.45, 7) is 9.19. The van der Waals surface area contributed by atoms with Gasteiger partial charge in [-0.05, 0) is 30.2 Å². The molecule has 2 rings (SSSR count). The Balaban J connectivity index is 2.24. The second kappa shape index (κ2) is 11.2. The first-order chi connectivity index (χ1) is 14.8. The van der Waals surface area contributed by atoms with E-state index in [4.69, 9.17) is 9.47 Å². The molecule has 7 heteroatoms. The summed E-state index contributed by atoms with van der Waals surface area (Å²) in [7, 11) is 5.01. The van der Waals surface area contributed by atoms with E-state index >= 15 is 0 Å². The second-order valence-corrected chi connectivity index (χ2v) is 7.85. The largest absolute Gasteiger partial charge is 0.497 e. The first-order valence-corrected chi connectivity index (χ1v) is 10.3. The summed E-state index contributed by atoms with van der Waals surface area (Å²) >= 11 is 0. The van der Waals surface area contributed by atoms with Crippen LogP contribution in [0.5, 0.6) is 11.5 Å². The van der Waals surface area contributed by atoms with E-state index in [1.165, 1.54) is 19.1 Å². The molecule has 0 fully saturated rings.